The molecule has 1 saturated heterocycles. The van der Waals surface area contributed by atoms with Crippen LogP contribution in [0, 0.1) is 18.7 Å². The number of rotatable bonds is 5. The van der Waals surface area contributed by atoms with E-state index in [0.29, 0.717) is 12.0 Å². The average molecular weight is 321 g/mol. The van der Waals surface area contributed by atoms with Gasteiger partial charge in [-0.05, 0) is 37.0 Å². The van der Waals surface area contributed by atoms with Gasteiger partial charge in [0.25, 0.3) is 5.91 Å². The van der Waals surface area contributed by atoms with Gasteiger partial charge in [-0.25, -0.2) is 9.18 Å². The van der Waals surface area contributed by atoms with Gasteiger partial charge >= 0.3 is 6.03 Å². The van der Waals surface area contributed by atoms with Crippen molar-refractivity contribution in [1.82, 2.24) is 10.2 Å². The van der Waals surface area contributed by atoms with Crippen molar-refractivity contribution in [3.8, 4) is 0 Å². The van der Waals surface area contributed by atoms with Crippen LogP contribution in [0.2, 0.25) is 0 Å². The smallest absolute Gasteiger partial charge is 0.325 e. The second-order valence-electron chi connectivity index (χ2n) is 6.07. The first-order valence-corrected chi connectivity index (χ1v) is 7.45. The molecule has 0 radical (unpaired) electrons. The van der Waals surface area contributed by atoms with E-state index in [9.17, 15) is 18.8 Å². The molecular weight excluding hydrogens is 301 g/mol. The van der Waals surface area contributed by atoms with Crippen molar-refractivity contribution >= 4 is 23.5 Å². The van der Waals surface area contributed by atoms with Crippen molar-refractivity contribution in [2.75, 3.05) is 11.9 Å². The van der Waals surface area contributed by atoms with Crippen LogP contribution < -0.4 is 10.6 Å². The molecule has 6 nitrogen and oxygen atoms in total. The number of anilines is 1. The van der Waals surface area contributed by atoms with E-state index >= 15 is 0 Å². The Balaban J connectivity index is 1.98. The number of carbonyl (C=O) groups is 3. The Morgan fingerprint density at radius 3 is 2.70 bits per heavy atom. The Bertz CT molecular complexity index is 645. The Labute approximate surface area is 134 Å². The molecule has 1 aromatic carbocycles. The number of carbonyl (C=O) groups excluding carboxylic acids is 3. The summed E-state index contributed by atoms with van der Waals surface area (Å²) in [5.41, 5.74) is 0.748. The first-order valence-electron chi connectivity index (χ1n) is 7.45. The maximum absolute atomic E-state index is 13.5. The monoisotopic (exact) mass is 321 g/mol. The average Bonchev–Trinajstić information content (AvgIpc) is 2.70. The van der Waals surface area contributed by atoms with E-state index in [1.54, 1.807) is 13.0 Å². The highest BCUT2D eigenvalue weighted by molar-refractivity contribution is 6.07. The zero-order valence-corrected chi connectivity index (χ0v) is 13.4. The normalized spacial score (nSPS) is 17.6. The lowest BCUT2D eigenvalue weighted by atomic mass is 10.0. The van der Waals surface area contributed by atoms with Gasteiger partial charge in [-0.3, -0.25) is 14.5 Å². The number of benzene rings is 1. The predicted octanol–water partition coefficient (Wildman–Crippen LogP) is 2.04. The minimum atomic E-state index is -0.591. The van der Waals surface area contributed by atoms with Crippen molar-refractivity contribution in [2.24, 2.45) is 5.92 Å². The number of amides is 4. The molecule has 7 heteroatoms. The number of hydrogen-bond acceptors (Lipinski definition) is 3. The predicted molar refractivity (Wildman–Crippen MR) is 83.3 cm³/mol. The molecule has 1 fully saturated rings. The fourth-order valence-electron chi connectivity index (χ4n) is 2.37. The maximum Gasteiger partial charge on any atom is 0.325 e. The van der Waals surface area contributed by atoms with Gasteiger partial charge in [-0.2, -0.15) is 0 Å². The van der Waals surface area contributed by atoms with Gasteiger partial charge in [0, 0.05) is 5.69 Å². The molecule has 1 aliphatic heterocycles. The number of aryl methyl sites for hydroxylation is 1. The molecule has 1 atom stereocenters. The molecule has 4 amide bonds. The summed E-state index contributed by atoms with van der Waals surface area (Å²) in [6, 6.07) is 3.12. The van der Waals surface area contributed by atoms with E-state index in [-0.39, 0.29) is 11.6 Å². The molecule has 1 heterocycles. The van der Waals surface area contributed by atoms with Crippen LogP contribution in [0.1, 0.15) is 25.8 Å². The number of urea groups is 1. The third kappa shape index (κ3) is 4.06. The summed E-state index contributed by atoms with van der Waals surface area (Å²) in [6.45, 7) is 5.11. The van der Waals surface area contributed by atoms with Crippen molar-refractivity contribution in [3.63, 3.8) is 0 Å². The van der Waals surface area contributed by atoms with Gasteiger partial charge in [-0.15, -0.1) is 0 Å². The summed E-state index contributed by atoms with van der Waals surface area (Å²) >= 11 is 0. The SMILES string of the molecule is Cc1ccc(NC(=O)CN2C(=O)N[C@@H](CC(C)C)C2=O)cc1F. The van der Waals surface area contributed by atoms with Crippen molar-refractivity contribution in [1.29, 1.82) is 0 Å². The van der Waals surface area contributed by atoms with E-state index in [2.05, 4.69) is 10.6 Å². The Morgan fingerprint density at radius 2 is 2.09 bits per heavy atom. The van der Waals surface area contributed by atoms with Gasteiger partial charge in [0.2, 0.25) is 5.91 Å². The second kappa shape index (κ2) is 6.76. The molecule has 23 heavy (non-hydrogen) atoms. The van der Waals surface area contributed by atoms with Crippen LogP contribution in [0.5, 0.6) is 0 Å². The summed E-state index contributed by atoms with van der Waals surface area (Å²) in [7, 11) is 0. The minimum Gasteiger partial charge on any atom is -0.326 e. The molecular formula is C16H20FN3O3. The molecule has 0 aliphatic carbocycles. The summed E-state index contributed by atoms with van der Waals surface area (Å²) < 4.78 is 13.5. The fourth-order valence-corrected chi connectivity index (χ4v) is 2.37. The first kappa shape index (κ1) is 16.9. The Hall–Kier alpha value is -2.44. The van der Waals surface area contributed by atoms with Crippen LogP contribution in [0.15, 0.2) is 18.2 Å². The van der Waals surface area contributed by atoms with Gasteiger partial charge < -0.3 is 10.6 Å². The minimum absolute atomic E-state index is 0.244. The van der Waals surface area contributed by atoms with E-state index in [0.717, 1.165) is 4.90 Å². The van der Waals surface area contributed by atoms with Crippen LogP contribution in [0.25, 0.3) is 0 Å². The quantitative estimate of drug-likeness (QED) is 0.815. The lowest BCUT2D eigenvalue weighted by molar-refractivity contribution is -0.131. The molecule has 2 rings (SSSR count). The fraction of sp³-hybridized carbons (Fsp3) is 0.438. The molecule has 0 spiro atoms. The van der Waals surface area contributed by atoms with Gasteiger partial charge in [0.05, 0.1) is 0 Å². The highest BCUT2D eigenvalue weighted by atomic mass is 19.1. The molecule has 0 aromatic heterocycles. The van der Waals surface area contributed by atoms with Gasteiger partial charge in [0.15, 0.2) is 0 Å². The largest absolute Gasteiger partial charge is 0.326 e. The van der Waals surface area contributed by atoms with Crippen LogP contribution in [0.3, 0.4) is 0 Å². The zero-order chi connectivity index (χ0) is 17.1. The molecule has 1 aliphatic rings. The van der Waals surface area contributed by atoms with Crippen LogP contribution in [-0.2, 0) is 9.59 Å². The highest BCUT2D eigenvalue weighted by Crippen LogP contribution is 2.16. The van der Waals surface area contributed by atoms with E-state index in [1.807, 2.05) is 13.8 Å². The van der Waals surface area contributed by atoms with Crippen LogP contribution in [0.4, 0.5) is 14.9 Å². The number of imide groups is 1. The van der Waals surface area contributed by atoms with Crippen molar-refractivity contribution in [3.05, 3.63) is 29.6 Å². The molecule has 0 bridgehead atoms. The first-order chi connectivity index (χ1) is 10.8. The van der Waals surface area contributed by atoms with E-state index in [4.69, 9.17) is 0 Å². The summed E-state index contributed by atoms with van der Waals surface area (Å²) in [5.74, 6) is -1.15. The van der Waals surface area contributed by atoms with Crippen molar-refractivity contribution in [2.45, 2.75) is 33.2 Å². The topological polar surface area (TPSA) is 78.5 Å². The Morgan fingerprint density at radius 1 is 1.39 bits per heavy atom. The van der Waals surface area contributed by atoms with Gasteiger partial charge in [0.1, 0.15) is 18.4 Å². The van der Waals surface area contributed by atoms with E-state index in [1.165, 1.54) is 12.1 Å². The molecule has 0 saturated carbocycles. The van der Waals surface area contributed by atoms with E-state index < -0.39 is 36.2 Å². The third-order valence-electron chi connectivity index (χ3n) is 3.57. The Kier molecular flexibility index (Phi) is 4.98. The number of nitrogens with zero attached hydrogens (tertiary/aromatic N) is 1. The molecule has 1 aromatic rings. The lowest BCUT2D eigenvalue weighted by Crippen LogP contribution is -2.38. The molecule has 2 N–H and O–H groups in total. The number of halogens is 1. The summed E-state index contributed by atoms with van der Waals surface area (Å²) in [6.07, 6.45) is 0.520. The van der Waals surface area contributed by atoms with Crippen LogP contribution >= 0.6 is 0 Å². The molecule has 0 unspecified atom stereocenters. The third-order valence-corrected chi connectivity index (χ3v) is 3.57. The second-order valence-corrected chi connectivity index (χ2v) is 6.07. The zero-order valence-electron chi connectivity index (χ0n) is 13.4. The lowest BCUT2D eigenvalue weighted by Gasteiger charge is -2.14. The number of hydrogen-bond donors (Lipinski definition) is 2. The van der Waals surface area contributed by atoms with Gasteiger partial charge in [-0.1, -0.05) is 19.9 Å². The maximum atomic E-state index is 13.5. The molecule has 124 valence electrons. The van der Waals surface area contributed by atoms with Crippen molar-refractivity contribution < 1.29 is 18.8 Å². The number of nitrogens with one attached hydrogen (secondary N) is 2. The summed E-state index contributed by atoms with van der Waals surface area (Å²) in [5, 5.41) is 5.05. The van der Waals surface area contributed by atoms with Crippen LogP contribution in [-0.4, -0.2) is 35.3 Å². The standard InChI is InChI=1S/C16H20FN3O3/c1-9(2)6-13-15(22)20(16(23)19-13)8-14(21)18-11-5-4-10(3)12(17)7-11/h4-5,7,9,13H,6,8H2,1-3H3,(H,18,21)(H,19,23)/t13-/m0/s1. The highest BCUT2D eigenvalue weighted by Gasteiger charge is 2.38. The summed E-state index contributed by atoms with van der Waals surface area (Å²) in [4.78, 5) is 36.8.